The molecule has 2 aromatic rings. The molecule has 2 heterocycles. The Labute approximate surface area is 161 Å². The Balaban J connectivity index is 1.55. The lowest BCUT2D eigenvalue weighted by atomic mass is 9.94. The molecule has 1 aromatic carbocycles. The zero-order valence-electron chi connectivity index (χ0n) is 15.1. The summed E-state index contributed by atoms with van der Waals surface area (Å²) < 4.78 is 5.71. The summed E-state index contributed by atoms with van der Waals surface area (Å²) in [5.41, 5.74) is 0.704. The van der Waals surface area contributed by atoms with Crippen LogP contribution >= 0.6 is 0 Å². The first kappa shape index (κ1) is 18.0. The van der Waals surface area contributed by atoms with Crippen molar-refractivity contribution in [2.45, 2.75) is 38.1 Å². The van der Waals surface area contributed by atoms with E-state index in [1.807, 2.05) is 0 Å². The summed E-state index contributed by atoms with van der Waals surface area (Å²) in [5.74, 6) is 0.484. The molecular weight excluding hydrogens is 362 g/mol. The zero-order valence-corrected chi connectivity index (χ0v) is 15.1. The standard InChI is InChI=1S/C20H19N3O5/c24-19-17(21-20(25)22(19)14-6-2-1-3-7-14)12-16-9-10-18(28-16)13-5-4-8-15(11-13)23(26)27/h4-5,8-12,14H,1-3,6-7H2,(H,21,25). The number of carbonyl (C=O) groups is 2. The van der Waals surface area contributed by atoms with Crippen LogP contribution in [0.2, 0.25) is 0 Å². The lowest BCUT2D eigenvalue weighted by molar-refractivity contribution is -0.384. The average Bonchev–Trinajstić information content (AvgIpc) is 3.27. The quantitative estimate of drug-likeness (QED) is 0.372. The maximum atomic E-state index is 12.7. The molecule has 3 amide bonds. The van der Waals surface area contributed by atoms with Crippen molar-refractivity contribution in [1.29, 1.82) is 0 Å². The van der Waals surface area contributed by atoms with Crippen LogP contribution in [-0.2, 0) is 4.79 Å². The number of hydrogen-bond acceptors (Lipinski definition) is 5. The molecule has 1 aliphatic carbocycles. The van der Waals surface area contributed by atoms with Gasteiger partial charge in [-0.15, -0.1) is 0 Å². The fraction of sp³-hybridized carbons (Fsp3) is 0.300. The van der Waals surface area contributed by atoms with Crippen LogP contribution in [0.3, 0.4) is 0 Å². The van der Waals surface area contributed by atoms with E-state index in [4.69, 9.17) is 4.42 Å². The van der Waals surface area contributed by atoms with Gasteiger partial charge < -0.3 is 9.73 Å². The monoisotopic (exact) mass is 381 g/mol. The molecule has 0 unspecified atom stereocenters. The van der Waals surface area contributed by atoms with Gasteiger partial charge in [-0.2, -0.15) is 0 Å². The highest BCUT2D eigenvalue weighted by Gasteiger charge is 2.39. The lowest BCUT2D eigenvalue weighted by Gasteiger charge is -2.28. The predicted octanol–water partition coefficient (Wildman–Crippen LogP) is 4.08. The van der Waals surface area contributed by atoms with Crippen LogP contribution in [0.25, 0.3) is 17.4 Å². The molecule has 1 N–H and O–H groups in total. The second-order valence-corrected chi connectivity index (χ2v) is 6.96. The van der Waals surface area contributed by atoms with E-state index in [0.29, 0.717) is 17.1 Å². The molecule has 8 heteroatoms. The van der Waals surface area contributed by atoms with E-state index in [9.17, 15) is 19.7 Å². The number of nitrogens with zero attached hydrogens (tertiary/aromatic N) is 2. The van der Waals surface area contributed by atoms with Crippen LogP contribution < -0.4 is 5.32 Å². The van der Waals surface area contributed by atoms with Gasteiger partial charge in [0.25, 0.3) is 11.6 Å². The molecule has 28 heavy (non-hydrogen) atoms. The predicted molar refractivity (Wildman–Crippen MR) is 101 cm³/mol. The topological polar surface area (TPSA) is 106 Å². The number of carbonyl (C=O) groups excluding carboxylic acids is 2. The van der Waals surface area contributed by atoms with Crippen molar-refractivity contribution in [3.8, 4) is 11.3 Å². The highest BCUT2D eigenvalue weighted by atomic mass is 16.6. The highest BCUT2D eigenvalue weighted by molar-refractivity contribution is 6.14. The van der Waals surface area contributed by atoms with Gasteiger partial charge in [0.05, 0.1) is 4.92 Å². The molecule has 8 nitrogen and oxygen atoms in total. The molecule has 2 fully saturated rings. The zero-order chi connectivity index (χ0) is 19.7. The maximum absolute atomic E-state index is 12.7. The first-order valence-corrected chi connectivity index (χ1v) is 9.24. The number of benzene rings is 1. The van der Waals surface area contributed by atoms with E-state index >= 15 is 0 Å². The third-order valence-corrected chi connectivity index (χ3v) is 5.10. The molecule has 2 aliphatic rings. The van der Waals surface area contributed by atoms with Crippen molar-refractivity contribution in [2.24, 2.45) is 0 Å². The van der Waals surface area contributed by atoms with Crippen molar-refractivity contribution in [2.75, 3.05) is 0 Å². The number of rotatable bonds is 4. The van der Waals surface area contributed by atoms with Crippen LogP contribution in [-0.4, -0.2) is 27.8 Å². The first-order valence-electron chi connectivity index (χ1n) is 9.24. The van der Waals surface area contributed by atoms with E-state index in [0.717, 1.165) is 32.1 Å². The molecule has 4 rings (SSSR count). The highest BCUT2D eigenvalue weighted by Crippen LogP contribution is 2.29. The van der Waals surface area contributed by atoms with Gasteiger partial charge in [-0.25, -0.2) is 4.79 Å². The van der Waals surface area contributed by atoms with Crippen LogP contribution in [0.4, 0.5) is 10.5 Å². The average molecular weight is 381 g/mol. The number of nitro benzene ring substituents is 1. The Morgan fingerprint density at radius 1 is 1.14 bits per heavy atom. The second kappa shape index (κ2) is 7.30. The van der Waals surface area contributed by atoms with Crippen LogP contribution in [0.1, 0.15) is 37.9 Å². The van der Waals surface area contributed by atoms with E-state index in [2.05, 4.69) is 5.32 Å². The number of hydrogen-bond donors (Lipinski definition) is 1. The minimum atomic E-state index is -0.470. The SMILES string of the molecule is O=C1NC(=Cc2ccc(-c3cccc([N+](=O)[O-])c3)o2)C(=O)N1C1CCCCC1. The number of imide groups is 1. The fourth-order valence-corrected chi connectivity index (χ4v) is 3.72. The van der Waals surface area contributed by atoms with Gasteiger partial charge in [-0.3, -0.25) is 19.8 Å². The van der Waals surface area contributed by atoms with Gasteiger partial charge in [-0.05, 0) is 25.0 Å². The number of furan rings is 1. The van der Waals surface area contributed by atoms with Gasteiger partial charge in [0.2, 0.25) is 0 Å². The smallest absolute Gasteiger partial charge is 0.329 e. The molecule has 0 atom stereocenters. The second-order valence-electron chi connectivity index (χ2n) is 6.96. The molecule has 1 aromatic heterocycles. The Bertz CT molecular complexity index is 972. The summed E-state index contributed by atoms with van der Waals surface area (Å²) in [7, 11) is 0. The largest absolute Gasteiger partial charge is 0.457 e. The number of urea groups is 1. The van der Waals surface area contributed by atoms with Gasteiger partial charge in [0.1, 0.15) is 17.2 Å². The summed E-state index contributed by atoms with van der Waals surface area (Å²) in [6, 6.07) is 8.99. The molecule has 0 bridgehead atoms. The molecule has 0 radical (unpaired) electrons. The van der Waals surface area contributed by atoms with E-state index in [1.54, 1.807) is 24.3 Å². The van der Waals surface area contributed by atoms with E-state index in [1.165, 1.54) is 23.1 Å². The van der Waals surface area contributed by atoms with Gasteiger partial charge in [-0.1, -0.05) is 31.4 Å². The van der Waals surface area contributed by atoms with Crippen molar-refractivity contribution in [3.05, 3.63) is 58.0 Å². The van der Waals surface area contributed by atoms with Crippen molar-refractivity contribution in [1.82, 2.24) is 10.2 Å². The minimum absolute atomic E-state index is 0.0323. The molecule has 1 saturated carbocycles. The molecule has 0 spiro atoms. The maximum Gasteiger partial charge on any atom is 0.329 e. The Hall–Kier alpha value is -3.42. The Kier molecular flexibility index (Phi) is 4.68. The third kappa shape index (κ3) is 3.40. The van der Waals surface area contributed by atoms with Crippen LogP contribution in [0.5, 0.6) is 0 Å². The van der Waals surface area contributed by atoms with Crippen molar-refractivity contribution in [3.63, 3.8) is 0 Å². The van der Waals surface area contributed by atoms with Crippen molar-refractivity contribution < 1.29 is 18.9 Å². The molecular formula is C20H19N3O5. The molecule has 144 valence electrons. The number of non-ortho nitro benzene ring substituents is 1. The van der Waals surface area contributed by atoms with E-state index < -0.39 is 11.0 Å². The van der Waals surface area contributed by atoms with Crippen LogP contribution in [0.15, 0.2) is 46.5 Å². The Morgan fingerprint density at radius 2 is 1.93 bits per heavy atom. The summed E-state index contributed by atoms with van der Waals surface area (Å²) >= 11 is 0. The molecule has 1 saturated heterocycles. The minimum Gasteiger partial charge on any atom is -0.457 e. The summed E-state index contributed by atoms with van der Waals surface area (Å²) in [6.07, 6.45) is 6.34. The fourth-order valence-electron chi connectivity index (χ4n) is 3.72. The van der Waals surface area contributed by atoms with Crippen molar-refractivity contribution >= 4 is 23.7 Å². The third-order valence-electron chi connectivity index (χ3n) is 5.10. The summed E-state index contributed by atoms with van der Waals surface area (Å²) in [5, 5.41) is 13.6. The van der Waals surface area contributed by atoms with Gasteiger partial charge in [0.15, 0.2) is 0 Å². The number of amides is 3. The van der Waals surface area contributed by atoms with Crippen LogP contribution in [0, 0.1) is 10.1 Å². The lowest BCUT2D eigenvalue weighted by Crippen LogP contribution is -2.41. The number of nitro groups is 1. The number of nitrogens with one attached hydrogen (secondary N) is 1. The summed E-state index contributed by atoms with van der Waals surface area (Å²) in [6.45, 7) is 0. The van der Waals surface area contributed by atoms with Gasteiger partial charge in [0, 0.05) is 29.8 Å². The summed E-state index contributed by atoms with van der Waals surface area (Å²) in [4.78, 5) is 36.7. The van der Waals surface area contributed by atoms with Gasteiger partial charge >= 0.3 is 6.03 Å². The van der Waals surface area contributed by atoms with E-state index in [-0.39, 0.29) is 23.3 Å². The first-order chi connectivity index (χ1) is 13.5. The normalized spacial score (nSPS) is 19.3. The molecule has 1 aliphatic heterocycles. The Morgan fingerprint density at radius 3 is 2.68 bits per heavy atom.